The number of anilines is 1. The summed E-state index contributed by atoms with van der Waals surface area (Å²) < 4.78 is 61.6. The smallest absolute Gasteiger partial charge is 0.352 e. The number of benzene rings is 1. The van der Waals surface area contributed by atoms with Gasteiger partial charge in [-0.2, -0.15) is 13.2 Å². The van der Waals surface area contributed by atoms with Crippen LogP contribution in [0.1, 0.15) is 15.9 Å². The predicted octanol–water partition coefficient (Wildman–Crippen LogP) is 3.12. The van der Waals surface area contributed by atoms with Crippen molar-refractivity contribution < 1.29 is 26.4 Å². The molecular weight excluding hydrogens is 431 g/mol. The molecule has 156 valence electrons. The van der Waals surface area contributed by atoms with Crippen LogP contribution in [0.25, 0.3) is 0 Å². The van der Waals surface area contributed by atoms with E-state index in [0.717, 1.165) is 18.5 Å². The minimum absolute atomic E-state index is 0.0581. The zero-order valence-corrected chi connectivity index (χ0v) is 16.9. The standard InChI is InChI=1S/C18H17ClF3N3O3S/c1-29(27,28)14-4-2-3-12(9-14)17(26)25-7-5-24(6-8-25)16-15(19)10-13(11-23-16)18(20,21)22/h2-4,9-11H,5-8H2,1H3. The molecule has 2 aromatic rings. The zero-order valence-electron chi connectivity index (χ0n) is 15.3. The maximum absolute atomic E-state index is 12.8. The fraction of sp³-hybridized carbons (Fsp3) is 0.333. The molecule has 1 aliphatic rings. The average Bonchev–Trinajstić information content (AvgIpc) is 2.66. The van der Waals surface area contributed by atoms with Gasteiger partial charge in [0.15, 0.2) is 9.84 Å². The molecule has 0 N–H and O–H groups in total. The van der Waals surface area contributed by atoms with Crippen molar-refractivity contribution in [1.29, 1.82) is 0 Å². The van der Waals surface area contributed by atoms with Crippen molar-refractivity contribution in [2.45, 2.75) is 11.1 Å². The number of hydrogen-bond donors (Lipinski definition) is 0. The number of piperazine rings is 1. The van der Waals surface area contributed by atoms with Gasteiger partial charge in [0.1, 0.15) is 5.82 Å². The molecular formula is C18H17ClF3N3O3S. The molecule has 0 bridgehead atoms. The Morgan fingerprint density at radius 3 is 2.34 bits per heavy atom. The molecule has 0 radical (unpaired) electrons. The van der Waals surface area contributed by atoms with E-state index in [1.165, 1.54) is 24.3 Å². The molecule has 0 spiro atoms. The van der Waals surface area contributed by atoms with E-state index in [9.17, 15) is 26.4 Å². The minimum atomic E-state index is -4.53. The number of rotatable bonds is 3. The molecule has 6 nitrogen and oxygen atoms in total. The number of amides is 1. The van der Waals surface area contributed by atoms with Gasteiger partial charge in [-0.1, -0.05) is 17.7 Å². The highest BCUT2D eigenvalue weighted by molar-refractivity contribution is 7.90. The van der Waals surface area contributed by atoms with Crippen molar-refractivity contribution in [1.82, 2.24) is 9.88 Å². The van der Waals surface area contributed by atoms with Crippen molar-refractivity contribution >= 4 is 33.2 Å². The topological polar surface area (TPSA) is 70.6 Å². The minimum Gasteiger partial charge on any atom is -0.352 e. The number of halogens is 4. The van der Waals surface area contributed by atoms with Crippen LogP contribution in [0.15, 0.2) is 41.4 Å². The molecule has 1 amide bonds. The van der Waals surface area contributed by atoms with Crippen LogP contribution < -0.4 is 4.90 Å². The van der Waals surface area contributed by atoms with E-state index < -0.39 is 21.6 Å². The highest BCUT2D eigenvalue weighted by Crippen LogP contribution is 2.33. The molecule has 1 aromatic carbocycles. The van der Waals surface area contributed by atoms with Crippen LogP contribution in [0.3, 0.4) is 0 Å². The van der Waals surface area contributed by atoms with Gasteiger partial charge in [0.05, 0.1) is 15.5 Å². The van der Waals surface area contributed by atoms with Gasteiger partial charge < -0.3 is 9.80 Å². The Kier molecular flexibility index (Phi) is 5.77. The van der Waals surface area contributed by atoms with Crippen molar-refractivity contribution in [3.8, 4) is 0 Å². The SMILES string of the molecule is CS(=O)(=O)c1cccc(C(=O)N2CCN(c3ncc(C(F)(F)F)cc3Cl)CC2)c1. The molecule has 1 saturated heterocycles. The van der Waals surface area contributed by atoms with Crippen LogP contribution in [-0.4, -0.2) is 56.6 Å². The van der Waals surface area contributed by atoms with Crippen LogP contribution in [0.5, 0.6) is 0 Å². The lowest BCUT2D eigenvalue weighted by Crippen LogP contribution is -2.49. The summed E-state index contributed by atoms with van der Waals surface area (Å²) in [6.07, 6.45) is -2.73. The van der Waals surface area contributed by atoms with Crippen molar-refractivity contribution in [3.63, 3.8) is 0 Å². The van der Waals surface area contributed by atoms with E-state index in [-0.39, 0.29) is 27.2 Å². The van der Waals surface area contributed by atoms with Crippen LogP contribution in [0.2, 0.25) is 5.02 Å². The average molecular weight is 448 g/mol. The fourth-order valence-corrected chi connectivity index (χ4v) is 3.93. The first kappa shape index (κ1) is 21.4. The number of pyridine rings is 1. The van der Waals surface area contributed by atoms with Gasteiger partial charge in [-0.15, -0.1) is 0 Å². The number of hydrogen-bond acceptors (Lipinski definition) is 5. The van der Waals surface area contributed by atoms with Crippen LogP contribution >= 0.6 is 11.6 Å². The van der Waals surface area contributed by atoms with E-state index >= 15 is 0 Å². The van der Waals surface area contributed by atoms with E-state index in [1.807, 2.05) is 0 Å². The third-order valence-electron chi connectivity index (χ3n) is 4.52. The first-order chi connectivity index (χ1) is 13.5. The molecule has 1 fully saturated rings. The first-order valence-corrected chi connectivity index (χ1v) is 10.8. The zero-order chi connectivity index (χ0) is 21.4. The van der Waals surface area contributed by atoms with Gasteiger partial charge in [-0.3, -0.25) is 4.79 Å². The molecule has 0 unspecified atom stereocenters. The molecule has 1 aromatic heterocycles. The molecule has 3 rings (SSSR count). The highest BCUT2D eigenvalue weighted by Gasteiger charge is 2.32. The number of nitrogens with zero attached hydrogens (tertiary/aromatic N) is 3. The van der Waals surface area contributed by atoms with Crippen molar-refractivity contribution in [3.05, 3.63) is 52.7 Å². The Morgan fingerprint density at radius 1 is 1.14 bits per heavy atom. The maximum Gasteiger partial charge on any atom is 0.417 e. The lowest BCUT2D eigenvalue weighted by Gasteiger charge is -2.36. The van der Waals surface area contributed by atoms with Gasteiger partial charge >= 0.3 is 6.18 Å². The van der Waals surface area contributed by atoms with Crippen molar-refractivity contribution in [2.75, 3.05) is 37.3 Å². The number of aromatic nitrogens is 1. The number of carbonyl (C=O) groups excluding carboxylic acids is 1. The molecule has 29 heavy (non-hydrogen) atoms. The normalized spacial score (nSPS) is 15.5. The Hall–Kier alpha value is -2.33. The summed E-state index contributed by atoms with van der Waals surface area (Å²) in [6.45, 7) is 1.24. The van der Waals surface area contributed by atoms with Gasteiger partial charge in [-0.05, 0) is 24.3 Å². The number of carbonyl (C=O) groups is 1. The Bertz CT molecular complexity index is 1040. The summed E-state index contributed by atoms with van der Waals surface area (Å²) in [7, 11) is -3.44. The van der Waals surface area contributed by atoms with E-state index in [2.05, 4.69) is 4.98 Å². The Labute approximate surface area is 170 Å². The largest absolute Gasteiger partial charge is 0.417 e. The Morgan fingerprint density at radius 2 is 1.79 bits per heavy atom. The number of sulfone groups is 1. The monoisotopic (exact) mass is 447 g/mol. The van der Waals surface area contributed by atoms with Crippen molar-refractivity contribution in [2.24, 2.45) is 0 Å². The quantitative estimate of drug-likeness (QED) is 0.723. The molecule has 1 aliphatic heterocycles. The predicted molar refractivity (Wildman–Crippen MR) is 102 cm³/mol. The molecule has 0 atom stereocenters. The summed E-state index contributed by atoms with van der Waals surface area (Å²) in [5, 5.41) is -0.111. The summed E-state index contributed by atoms with van der Waals surface area (Å²) >= 11 is 5.98. The summed E-state index contributed by atoms with van der Waals surface area (Å²) in [5.74, 6) is -0.0903. The number of alkyl halides is 3. The fourth-order valence-electron chi connectivity index (χ4n) is 2.98. The van der Waals surface area contributed by atoms with Gasteiger partial charge in [0.2, 0.25) is 0 Å². The second kappa shape index (κ2) is 7.83. The summed E-state index contributed by atoms with van der Waals surface area (Å²) in [4.78, 5) is 19.8. The second-order valence-corrected chi connectivity index (χ2v) is 9.03. The van der Waals surface area contributed by atoms with Crippen LogP contribution in [0.4, 0.5) is 19.0 Å². The maximum atomic E-state index is 12.8. The van der Waals surface area contributed by atoms with Crippen LogP contribution in [-0.2, 0) is 16.0 Å². The van der Waals surface area contributed by atoms with Crippen LogP contribution in [0, 0.1) is 0 Å². The molecule has 2 heterocycles. The lowest BCUT2D eigenvalue weighted by atomic mass is 10.2. The third-order valence-corrected chi connectivity index (χ3v) is 5.91. The molecule has 0 saturated carbocycles. The second-order valence-electron chi connectivity index (χ2n) is 6.61. The first-order valence-electron chi connectivity index (χ1n) is 8.54. The highest BCUT2D eigenvalue weighted by atomic mass is 35.5. The molecule has 0 aliphatic carbocycles. The Balaban J connectivity index is 1.70. The summed E-state index contributed by atoms with van der Waals surface area (Å²) in [5.41, 5.74) is -0.669. The van der Waals surface area contributed by atoms with Gasteiger partial charge in [0, 0.05) is 44.2 Å². The third kappa shape index (κ3) is 4.81. The van der Waals surface area contributed by atoms with E-state index in [0.29, 0.717) is 26.2 Å². The molecule has 11 heteroatoms. The van der Waals surface area contributed by atoms with E-state index in [1.54, 1.807) is 9.80 Å². The van der Waals surface area contributed by atoms with E-state index in [4.69, 9.17) is 11.6 Å². The van der Waals surface area contributed by atoms with Gasteiger partial charge in [0.25, 0.3) is 5.91 Å². The van der Waals surface area contributed by atoms with Gasteiger partial charge in [-0.25, -0.2) is 13.4 Å². The lowest BCUT2D eigenvalue weighted by molar-refractivity contribution is -0.137. The summed E-state index contributed by atoms with van der Waals surface area (Å²) in [6, 6.07) is 6.63.